The maximum Gasteiger partial charge on any atom is 0.241 e. The lowest BCUT2D eigenvalue weighted by atomic mass is 10.2. The molecule has 0 aliphatic rings. The minimum absolute atomic E-state index is 0. The molecular weight excluding hydrogens is 469 g/mol. The first-order valence-corrected chi connectivity index (χ1v) is 8.14. The second-order valence-electron chi connectivity index (χ2n) is 5.80. The van der Waals surface area contributed by atoms with E-state index in [2.05, 4.69) is 15.6 Å². The number of amides is 1. The lowest BCUT2D eigenvalue weighted by Gasteiger charge is -2.15. The highest BCUT2D eigenvalue weighted by Gasteiger charge is 2.08. The van der Waals surface area contributed by atoms with Gasteiger partial charge in [-0.3, -0.25) is 4.79 Å². The number of rotatable bonds is 7. The van der Waals surface area contributed by atoms with Crippen LogP contribution in [-0.4, -0.2) is 44.0 Å². The lowest BCUT2D eigenvalue weighted by Crippen LogP contribution is -2.43. The van der Waals surface area contributed by atoms with Crippen LogP contribution in [0.1, 0.15) is 11.3 Å². The Bertz CT molecular complexity index is 752. The molecule has 2 N–H and O–H groups in total. The Labute approximate surface area is 174 Å². The quantitative estimate of drug-likeness (QED) is 0.354. The van der Waals surface area contributed by atoms with Crippen LogP contribution in [0.2, 0.25) is 0 Å². The maximum absolute atomic E-state index is 13.7. The molecule has 148 valence electrons. The molecule has 27 heavy (non-hydrogen) atoms. The maximum atomic E-state index is 13.7. The number of carbonyl (C=O) groups excluding carboxylic acids is 1. The van der Waals surface area contributed by atoms with Crippen molar-refractivity contribution < 1.29 is 18.0 Å². The van der Waals surface area contributed by atoms with Gasteiger partial charge in [-0.2, -0.15) is 0 Å². The van der Waals surface area contributed by atoms with E-state index in [9.17, 15) is 13.6 Å². The number of hydrogen-bond donors (Lipinski definition) is 2. The zero-order valence-electron chi connectivity index (χ0n) is 15.2. The van der Waals surface area contributed by atoms with Crippen LogP contribution in [-0.2, 0) is 17.8 Å². The first kappa shape index (κ1) is 22.9. The van der Waals surface area contributed by atoms with E-state index in [1.54, 1.807) is 26.4 Å². The topological polar surface area (TPSA) is 69.9 Å². The normalized spacial score (nSPS) is 10.9. The molecule has 6 nitrogen and oxygen atoms in total. The largest absolute Gasteiger partial charge is 0.469 e. The fourth-order valence-corrected chi connectivity index (χ4v) is 2.08. The van der Waals surface area contributed by atoms with Gasteiger partial charge in [0.2, 0.25) is 5.91 Å². The van der Waals surface area contributed by atoms with E-state index in [0.717, 1.165) is 24.0 Å². The van der Waals surface area contributed by atoms with Crippen molar-refractivity contribution in [3.63, 3.8) is 0 Å². The number of furan rings is 1. The minimum atomic E-state index is -0.533. The molecule has 0 atom stereocenters. The van der Waals surface area contributed by atoms with Crippen LogP contribution >= 0.6 is 24.0 Å². The standard InChI is InChI=1S/C18H22F2N4O2.HI/c1-24(2)17(25)12-23-18(21-8-7-15-4-3-9-26-15)22-11-13-10-14(19)5-6-16(13)20;/h3-6,9-10H,7-8,11-12H2,1-2H3,(H2,21,22,23);1H. The summed E-state index contributed by atoms with van der Waals surface area (Å²) in [7, 11) is 3.29. The van der Waals surface area contributed by atoms with E-state index in [4.69, 9.17) is 4.42 Å². The van der Waals surface area contributed by atoms with Crippen LogP contribution in [0.3, 0.4) is 0 Å². The Morgan fingerprint density at radius 1 is 1.22 bits per heavy atom. The molecule has 0 saturated heterocycles. The summed E-state index contributed by atoms with van der Waals surface area (Å²) in [5.41, 5.74) is 0.135. The molecule has 1 heterocycles. The van der Waals surface area contributed by atoms with Crippen LogP contribution < -0.4 is 10.6 Å². The third-order valence-electron chi connectivity index (χ3n) is 3.57. The number of aliphatic imine (C=N–C) groups is 1. The predicted molar refractivity (Wildman–Crippen MR) is 110 cm³/mol. The first-order chi connectivity index (χ1) is 12.5. The van der Waals surface area contributed by atoms with Gasteiger partial charge in [-0.25, -0.2) is 13.8 Å². The van der Waals surface area contributed by atoms with Gasteiger partial charge in [0.15, 0.2) is 5.96 Å². The fourth-order valence-electron chi connectivity index (χ4n) is 2.08. The summed E-state index contributed by atoms with van der Waals surface area (Å²) >= 11 is 0. The van der Waals surface area contributed by atoms with Crippen LogP contribution in [0.25, 0.3) is 0 Å². The summed E-state index contributed by atoms with van der Waals surface area (Å²) in [5.74, 6) is -0.0654. The van der Waals surface area contributed by atoms with Gasteiger partial charge >= 0.3 is 0 Å². The van der Waals surface area contributed by atoms with E-state index >= 15 is 0 Å². The van der Waals surface area contributed by atoms with Crippen molar-refractivity contribution in [1.29, 1.82) is 0 Å². The van der Waals surface area contributed by atoms with Gasteiger partial charge in [0.25, 0.3) is 0 Å². The van der Waals surface area contributed by atoms with Gasteiger partial charge in [0.1, 0.15) is 17.4 Å². The number of guanidine groups is 1. The molecule has 0 aliphatic heterocycles. The molecular formula is C18H23F2IN4O2. The molecule has 0 spiro atoms. The van der Waals surface area contributed by atoms with Crippen molar-refractivity contribution in [3.05, 3.63) is 59.6 Å². The van der Waals surface area contributed by atoms with Crippen LogP contribution in [0.4, 0.5) is 8.78 Å². The summed E-state index contributed by atoms with van der Waals surface area (Å²) in [5, 5.41) is 5.93. The van der Waals surface area contributed by atoms with Gasteiger partial charge in [-0.05, 0) is 30.3 Å². The van der Waals surface area contributed by atoms with Crippen LogP contribution in [0, 0.1) is 11.6 Å². The zero-order chi connectivity index (χ0) is 18.9. The molecule has 0 saturated carbocycles. The van der Waals surface area contributed by atoms with Gasteiger partial charge < -0.3 is 20.0 Å². The predicted octanol–water partition coefficient (Wildman–Crippen LogP) is 2.54. The molecule has 0 bridgehead atoms. The van der Waals surface area contributed by atoms with E-state index < -0.39 is 11.6 Å². The zero-order valence-corrected chi connectivity index (χ0v) is 17.5. The van der Waals surface area contributed by atoms with Crippen molar-refractivity contribution >= 4 is 35.8 Å². The van der Waals surface area contributed by atoms with E-state index in [1.165, 1.54) is 4.90 Å². The summed E-state index contributed by atoms with van der Waals surface area (Å²) in [6.45, 7) is 0.474. The van der Waals surface area contributed by atoms with Gasteiger partial charge in [-0.1, -0.05) is 0 Å². The summed E-state index contributed by atoms with van der Waals surface area (Å²) in [4.78, 5) is 17.4. The second kappa shape index (κ2) is 11.5. The first-order valence-electron chi connectivity index (χ1n) is 8.14. The molecule has 1 amide bonds. The van der Waals surface area contributed by atoms with E-state index in [-0.39, 0.29) is 48.5 Å². The lowest BCUT2D eigenvalue weighted by molar-refractivity contribution is -0.127. The van der Waals surface area contributed by atoms with Gasteiger partial charge in [-0.15, -0.1) is 24.0 Å². The minimum Gasteiger partial charge on any atom is -0.469 e. The SMILES string of the molecule is CN(C)C(=O)CNC(=NCc1cc(F)ccc1F)NCCc1ccco1.I. The molecule has 1 aromatic heterocycles. The molecule has 0 aliphatic carbocycles. The van der Waals surface area contributed by atoms with Crippen molar-refractivity contribution in [2.75, 3.05) is 27.2 Å². The summed E-state index contributed by atoms with van der Waals surface area (Å²) < 4.78 is 32.2. The Balaban J connectivity index is 0.00000364. The molecule has 1 aromatic carbocycles. The van der Waals surface area contributed by atoms with Gasteiger partial charge in [0, 0.05) is 32.6 Å². The smallest absolute Gasteiger partial charge is 0.241 e. The van der Waals surface area contributed by atoms with Crippen molar-refractivity contribution in [1.82, 2.24) is 15.5 Å². The second-order valence-corrected chi connectivity index (χ2v) is 5.80. The summed E-state index contributed by atoms with van der Waals surface area (Å²) in [6, 6.07) is 6.87. The van der Waals surface area contributed by atoms with Crippen molar-refractivity contribution in [3.8, 4) is 0 Å². The van der Waals surface area contributed by atoms with Gasteiger partial charge in [0.05, 0.1) is 19.4 Å². The molecule has 9 heteroatoms. The van der Waals surface area contributed by atoms with Crippen molar-refractivity contribution in [2.24, 2.45) is 4.99 Å². The third kappa shape index (κ3) is 7.94. The number of carbonyl (C=O) groups is 1. The Morgan fingerprint density at radius 3 is 2.67 bits per heavy atom. The third-order valence-corrected chi connectivity index (χ3v) is 3.57. The van der Waals surface area contributed by atoms with E-state index in [1.807, 2.05) is 6.07 Å². The molecule has 0 fully saturated rings. The van der Waals surface area contributed by atoms with Crippen LogP contribution in [0.5, 0.6) is 0 Å². The number of benzene rings is 1. The number of nitrogens with zero attached hydrogens (tertiary/aromatic N) is 2. The monoisotopic (exact) mass is 492 g/mol. The molecule has 0 radical (unpaired) electrons. The fraction of sp³-hybridized carbons (Fsp3) is 0.333. The van der Waals surface area contributed by atoms with E-state index in [0.29, 0.717) is 18.9 Å². The number of halogens is 3. The number of likely N-dealkylation sites (N-methyl/N-ethyl adjacent to an activating group) is 1. The average Bonchev–Trinajstić information content (AvgIpc) is 3.12. The van der Waals surface area contributed by atoms with Crippen LogP contribution in [0.15, 0.2) is 46.0 Å². The highest BCUT2D eigenvalue weighted by molar-refractivity contribution is 14.0. The number of nitrogens with one attached hydrogen (secondary N) is 2. The Kier molecular flexibility index (Phi) is 9.76. The Hall–Kier alpha value is -2.17. The molecule has 2 aromatic rings. The highest BCUT2D eigenvalue weighted by atomic mass is 127. The molecule has 2 rings (SSSR count). The van der Waals surface area contributed by atoms with Crippen molar-refractivity contribution in [2.45, 2.75) is 13.0 Å². The Morgan fingerprint density at radius 2 is 2.00 bits per heavy atom. The number of hydrogen-bond acceptors (Lipinski definition) is 3. The molecule has 0 unspecified atom stereocenters. The average molecular weight is 492 g/mol. The summed E-state index contributed by atoms with van der Waals surface area (Å²) in [6.07, 6.45) is 2.20. The highest BCUT2D eigenvalue weighted by Crippen LogP contribution is 2.10.